The largest absolute Gasteiger partial charge is 0.504 e. The molecule has 0 atom stereocenters. The van der Waals surface area contributed by atoms with E-state index in [1.807, 2.05) is 0 Å². The lowest BCUT2D eigenvalue weighted by Gasteiger charge is -2.05. The highest BCUT2D eigenvalue weighted by atomic mass is 16.3. The van der Waals surface area contributed by atoms with Gasteiger partial charge in [0.2, 0.25) is 0 Å². The van der Waals surface area contributed by atoms with Crippen molar-refractivity contribution in [3.05, 3.63) is 36.4 Å². The molecule has 0 fully saturated rings. The number of benzene rings is 1. The summed E-state index contributed by atoms with van der Waals surface area (Å²) in [7, 11) is 0. The minimum Gasteiger partial charge on any atom is -0.504 e. The predicted octanol–water partition coefficient (Wildman–Crippen LogP) is 1.01. The van der Waals surface area contributed by atoms with Crippen LogP contribution in [0.5, 0.6) is 11.5 Å². The number of carbonyl (C=O) groups excluding carboxylic acids is 1. The third-order valence-corrected chi connectivity index (χ3v) is 1.67. The van der Waals surface area contributed by atoms with Crippen molar-refractivity contribution in [3.8, 4) is 11.5 Å². The molecule has 0 radical (unpaired) electrons. The molecule has 0 heterocycles. The maximum Gasteiger partial charge on any atom is 0.255 e. The second-order valence-corrected chi connectivity index (χ2v) is 2.67. The molecule has 0 bridgehead atoms. The summed E-state index contributed by atoms with van der Waals surface area (Å²) < 4.78 is 0. The fourth-order valence-corrected chi connectivity index (χ4v) is 0.975. The third-order valence-electron chi connectivity index (χ3n) is 1.67. The first kappa shape index (κ1) is 10.1. The van der Waals surface area contributed by atoms with Gasteiger partial charge in [0.15, 0.2) is 11.5 Å². The molecule has 14 heavy (non-hydrogen) atoms. The molecule has 0 spiro atoms. The van der Waals surface area contributed by atoms with Gasteiger partial charge in [-0.25, -0.2) is 0 Å². The van der Waals surface area contributed by atoms with Gasteiger partial charge in [-0.1, -0.05) is 12.1 Å². The number of aromatic hydroxyl groups is 2. The number of hydrogen-bond acceptors (Lipinski definition) is 3. The number of phenols is 2. The van der Waals surface area contributed by atoms with Gasteiger partial charge in [-0.3, -0.25) is 4.79 Å². The standard InChI is InChI=1S/C10H11NO3/c1-2-6-11-10(14)7-4-3-5-8(12)9(7)13/h2-5,12-13H,1,6H2,(H,11,14). The molecule has 0 aliphatic rings. The zero-order chi connectivity index (χ0) is 10.6. The molecular weight excluding hydrogens is 182 g/mol. The Morgan fingerprint density at radius 1 is 1.50 bits per heavy atom. The van der Waals surface area contributed by atoms with Crippen molar-refractivity contribution in [2.45, 2.75) is 0 Å². The Hall–Kier alpha value is -1.97. The summed E-state index contributed by atoms with van der Waals surface area (Å²) in [5.74, 6) is -1.16. The van der Waals surface area contributed by atoms with Crippen LogP contribution >= 0.6 is 0 Å². The van der Waals surface area contributed by atoms with Crippen LogP contribution in [0.25, 0.3) is 0 Å². The number of phenolic OH excluding ortho intramolecular Hbond substituents is 2. The van der Waals surface area contributed by atoms with Crippen LogP contribution in [-0.2, 0) is 0 Å². The summed E-state index contributed by atoms with van der Waals surface area (Å²) in [5.41, 5.74) is 0.0480. The van der Waals surface area contributed by atoms with Crippen LogP contribution in [0.15, 0.2) is 30.9 Å². The molecule has 0 aliphatic heterocycles. The molecule has 1 rings (SSSR count). The normalized spacial score (nSPS) is 9.43. The second kappa shape index (κ2) is 4.32. The van der Waals surface area contributed by atoms with E-state index in [-0.39, 0.29) is 11.3 Å². The van der Waals surface area contributed by atoms with Gasteiger partial charge in [0.25, 0.3) is 5.91 Å². The Balaban J connectivity index is 2.89. The Morgan fingerprint density at radius 2 is 2.21 bits per heavy atom. The Kier molecular flexibility index (Phi) is 3.12. The van der Waals surface area contributed by atoms with Gasteiger partial charge in [0.05, 0.1) is 5.56 Å². The van der Waals surface area contributed by atoms with E-state index in [2.05, 4.69) is 11.9 Å². The average Bonchev–Trinajstić information content (AvgIpc) is 2.18. The van der Waals surface area contributed by atoms with Crippen molar-refractivity contribution in [2.24, 2.45) is 0 Å². The van der Waals surface area contributed by atoms with Crippen molar-refractivity contribution >= 4 is 5.91 Å². The number of hydrogen-bond donors (Lipinski definition) is 3. The fourth-order valence-electron chi connectivity index (χ4n) is 0.975. The first-order valence-electron chi connectivity index (χ1n) is 4.07. The number of carbonyl (C=O) groups is 1. The lowest BCUT2D eigenvalue weighted by Crippen LogP contribution is -2.23. The minimum absolute atomic E-state index is 0.0480. The van der Waals surface area contributed by atoms with Gasteiger partial charge in [0.1, 0.15) is 0 Å². The van der Waals surface area contributed by atoms with E-state index in [1.165, 1.54) is 24.3 Å². The highest BCUT2D eigenvalue weighted by molar-refractivity contribution is 5.97. The van der Waals surface area contributed by atoms with E-state index in [1.54, 1.807) is 0 Å². The SMILES string of the molecule is C=CCNC(=O)c1cccc(O)c1O. The molecule has 0 unspecified atom stereocenters. The molecule has 4 nitrogen and oxygen atoms in total. The summed E-state index contributed by atoms with van der Waals surface area (Å²) in [5, 5.41) is 20.9. The molecule has 0 aliphatic carbocycles. The monoisotopic (exact) mass is 193 g/mol. The van der Waals surface area contributed by atoms with Gasteiger partial charge in [-0.05, 0) is 12.1 Å². The Bertz CT molecular complexity index is 360. The van der Waals surface area contributed by atoms with Crippen LogP contribution in [-0.4, -0.2) is 22.7 Å². The molecule has 1 amide bonds. The van der Waals surface area contributed by atoms with E-state index in [0.29, 0.717) is 6.54 Å². The topological polar surface area (TPSA) is 69.6 Å². The maximum absolute atomic E-state index is 11.3. The number of rotatable bonds is 3. The van der Waals surface area contributed by atoms with E-state index < -0.39 is 11.7 Å². The van der Waals surface area contributed by atoms with Crippen LogP contribution in [0.2, 0.25) is 0 Å². The highest BCUT2D eigenvalue weighted by Gasteiger charge is 2.12. The molecule has 1 aromatic carbocycles. The van der Waals surface area contributed by atoms with E-state index in [9.17, 15) is 9.90 Å². The van der Waals surface area contributed by atoms with Crippen LogP contribution in [0, 0.1) is 0 Å². The molecule has 4 heteroatoms. The quantitative estimate of drug-likeness (QED) is 0.495. The van der Waals surface area contributed by atoms with E-state index in [0.717, 1.165) is 0 Å². The fraction of sp³-hybridized carbons (Fsp3) is 0.100. The van der Waals surface area contributed by atoms with E-state index in [4.69, 9.17) is 5.11 Å². The summed E-state index contributed by atoms with van der Waals surface area (Å²) >= 11 is 0. The molecule has 3 N–H and O–H groups in total. The smallest absolute Gasteiger partial charge is 0.255 e. The van der Waals surface area contributed by atoms with E-state index >= 15 is 0 Å². The van der Waals surface area contributed by atoms with Gasteiger partial charge in [-0.15, -0.1) is 6.58 Å². The van der Waals surface area contributed by atoms with Crippen molar-refractivity contribution in [1.82, 2.24) is 5.32 Å². The number of amides is 1. The first-order valence-corrected chi connectivity index (χ1v) is 4.07. The first-order chi connectivity index (χ1) is 6.66. The molecule has 74 valence electrons. The van der Waals surface area contributed by atoms with Crippen molar-refractivity contribution in [3.63, 3.8) is 0 Å². The molecule has 0 saturated carbocycles. The summed E-state index contributed by atoms with van der Waals surface area (Å²) in [4.78, 5) is 11.3. The van der Waals surface area contributed by atoms with Crippen LogP contribution < -0.4 is 5.32 Å². The zero-order valence-corrected chi connectivity index (χ0v) is 7.53. The van der Waals surface area contributed by atoms with Crippen molar-refractivity contribution in [2.75, 3.05) is 6.54 Å². The Labute approximate surface area is 81.5 Å². The lowest BCUT2D eigenvalue weighted by atomic mass is 10.1. The minimum atomic E-state index is -0.446. The lowest BCUT2D eigenvalue weighted by molar-refractivity contribution is 0.0954. The highest BCUT2D eigenvalue weighted by Crippen LogP contribution is 2.27. The van der Waals surface area contributed by atoms with Crippen LogP contribution in [0.3, 0.4) is 0 Å². The third kappa shape index (κ3) is 2.04. The van der Waals surface area contributed by atoms with Gasteiger partial charge in [0, 0.05) is 6.54 Å². The molecule has 0 aromatic heterocycles. The molecular formula is C10H11NO3. The Morgan fingerprint density at radius 3 is 2.86 bits per heavy atom. The number of nitrogens with one attached hydrogen (secondary N) is 1. The van der Waals surface area contributed by atoms with Crippen molar-refractivity contribution in [1.29, 1.82) is 0 Å². The maximum atomic E-state index is 11.3. The zero-order valence-electron chi connectivity index (χ0n) is 7.53. The number of para-hydroxylation sites is 1. The molecule has 1 aromatic rings. The van der Waals surface area contributed by atoms with Crippen molar-refractivity contribution < 1.29 is 15.0 Å². The summed E-state index contributed by atoms with van der Waals surface area (Å²) in [6.07, 6.45) is 1.53. The van der Waals surface area contributed by atoms with Crippen LogP contribution in [0.4, 0.5) is 0 Å². The van der Waals surface area contributed by atoms with Gasteiger partial charge >= 0.3 is 0 Å². The summed E-state index contributed by atoms with van der Waals surface area (Å²) in [6, 6.07) is 4.21. The molecule has 0 saturated heterocycles. The van der Waals surface area contributed by atoms with Crippen LogP contribution in [0.1, 0.15) is 10.4 Å². The second-order valence-electron chi connectivity index (χ2n) is 2.67. The average molecular weight is 193 g/mol. The van der Waals surface area contributed by atoms with Gasteiger partial charge < -0.3 is 15.5 Å². The van der Waals surface area contributed by atoms with Gasteiger partial charge in [-0.2, -0.15) is 0 Å². The predicted molar refractivity (Wildman–Crippen MR) is 52.3 cm³/mol. The summed E-state index contributed by atoms with van der Waals surface area (Å²) in [6.45, 7) is 3.75.